The Labute approximate surface area is 83.1 Å². The Morgan fingerprint density at radius 1 is 0.846 bits per heavy atom. The van der Waals surface area contributed by atoms with Gasteiger partial charge in [-0.2, -0.15) is 0 Å². The van der Waals surface area contributed by atoms with E-state index < -0.39 is 0 Å². The molecular weight excluding hydrogens is 156 g/mol. The number of hydrogen-bond donors (Lipinski definition) is 0. The first-order chi connectivity index (χ1) is 6.18. The molecule has 0 aromatic rings. The molecule has 3 aliphatic rings. The van der Waals surface area contributed by atoms with Crippen molar-refractivity contribution in [1.82, 2.24) is 0 Å². The minimum absolute atomic E-state index is 0.648. The summed E-state index contributed by atoms with van der Waals surface area (Å²) in [7, 11) is 0. The van der Waals surface area contributed by atoms with Gasteiger partial charge < -0.3 is 0 Å². The van der Waals surface area contributed by atoms with E-state index in [9.17, 15) is 0 Å². The van der Waals surface area contributed by atoms with E-state index in [4.69, 9.17) is 0 Å². The summed E-state index contributed by atoms with van der Waals surface area (Å²) < 4.78 is 0. The van der Waals surface area contributed by atoms with E-state index in [-0.39, 0.29) is 0 Å². The Morgan fingerprint density at radius 2 is 1.54 bits per heavy atom. The van der Waals surface area contributed by atoms with Crippen LogP contribution in [0.3, 0.4) is 0 Å². The van der Waals surface area contributed by atoms with Crippen molar-refractivity contribution in [1.29, 1.82) is 0 Å². The molecule has 0 heteroatoms. The van der Waals surface area contributed by atoms with Crippen LogP contribution in [-0.2, 0) is 0 Å². The summed E-state index contributed by atoms with van der Waals surface area (Å²) in [5.41, 5.74) is 0.648. The molecule has 0 aromatic carbocycles. The van der Waals surface area contributed by atoms with Gasteiger partial charge in [0.05, 0.1) is 0 Å². The zero-order valence-electron chi connectivity index (χ0n) is 9.31. The van der Waals surface area contributed by atoms with Crippen LogP contribution in [-0.4, -0.2) is 0 Å². The second-order valence-corrected chi connectivity index (χ2v) is 5.95. The molecule has 0 unspecified atom stereocenters. The van der Waals surface area contributed by atoms with E-state index in [1.54, 1.807) is 0 Å². The van der Waals surface area contributed by atoms with Gasteiger partial charge in [0.2, 0.25) is 0 Å². The summed E-state index contributed by atoms with van der Waals surface area (Å²) in [6, 6.07) is 0. The van der Waals surface area contributed by atoms with Gasteiger partial charge >= 0.3 is 0 Å². The van der Waals surface area contributed by atoms with Crippen LogP contribution in [0.5, 0.6) is 0 Å². The first kappa shape index (κ1) is 9.55. The predicted molar refractivity (Wildman–Crippen MR) is 57.7 cm³/mol. The van der Waals surface area contributed by atoms with Crippen molar-refractivity contribution in [3.05, 3.63) is 0 Å². The number of hydrogen-bond acceptors (Lipinski definition) is 0. The molecule has 0 N–H and O–H groups in total. The lowest BCUT2D eigenvalue weighted by molar-refractivity contribution is 0.133. The predicted octanol–water partition coefficient (Wildman–Crippen LogP) is 4.39. The highest BCUT2D eigenvalue weighted by Gasteiger charge is 2.33. The van der Waals surface area contributed by atoms with E-state index in [1.165, 1.54) is 51.4 Å². The van der Waals surface area contributed by atoms with Crippen LogP contribution in [0, 0.1) is 17.3 Å². The fraction of sp³-hybridized carbons (Fsp3) is 1.00. The van der Waals surface area contributed by atoms with Crippen LogP contribution < -0.4 is 0 Å². The van der Waals surface area contributed by atoms with E-state index in [0.717, 1.165) is 11.8 Å². The van der Waals surface area contributed by atoms with Crippen LogP contribution in [0.2, 0.25) is 0 Å². The van der Waals surface area contributed by atoms with Gasteiger partial charge in [0.15, 0.2) is 0 Å². The molecule has 0 heterocycles. The topological polar surface area (TPSA) is 0 Å². The summed E-state index contributed by atoms with van der Waals surface area (Å²) in [5, 5.41) is 0. The van der Waals surface area contributed by atoms with Gasteiger partial charge in [-0.15, -0.1) is 0 Å². The van der Waals surface area contributed by atoms with E-state index in [1.807, 2.05) is 0 Å². The van der Waals surface area contributed by atoms with E-state index in [0.29, 0.717) is 5.41 Å². The fourth-order valence-corrected chi connectivity index (χ4v) is 3.45. The summed E-state index contributed by atoms with van der Waals surface area (Å²) in [4.78, 5) is 0. The smallest absolute Gasteiger partial charge is 0.0326 e. The molecule has 3 rings (SSSR count). The second-order valence-electron chi connectivity index (χ2n) is 5.95. The molecule has 0 spiro atoms. The average Bonchev–Trinajstić information content (AvgIpc) is 2.22. The Morgan fingerprint density at radius 3 is 2.23 bits per heavy atom. The van der Waals surface area contributed by atoms with Crippen LogP contribution in [0.15, 0.2) is 0 Å². The monoisotopic (exact) mass is 180 g/mol. The maximum atomic E-state index is 2.50. The van der Waals surface area contributed by atoms with Crippen LogP contribution in [0.25, 0.3) is 0 Å². The highest BCUT2D eigenvalue weighted by molar-refractivity contribution is 4.85. The standard InChI is InChI=1S/C13H24/c1-13(2)10-4-3-5-11-6-8-12(13)9-7-11/h11-12H,3-10H2,1-2H3. The zero-order valence-corrected chi connectivity index (χ0v) is 9.31. The van der Waals surface area contributed by atoms with Gasteiger partial charge in [-0.05, 0) is 36.5 Å². The highest BCUT2D eigenvalue weighted by Crippen LogP contribution is 2.45. The molecule has 0 saturated heterocycles. The number of rotatable bonds is 0. The Hall–Kier alpha value is 0. The van der Waals surface area contributed by atoms with Crippen molar-refractivity contribution < 1.29 is 0 Å². The van der Waals surface area contributed by atoms with Gasteiger partial charge in [0.25, 0.3) is 0 Å². The summed E-state index contributed by atoms with van der Waals surface area (Å²) in [6.07, 6.45) is 12.1. The van der Waals surface area contributed by atoms with Gasteiger partial charge in [0.1, 0.15) is 0 Å². The highest BCUT2D eigenvalue weighted by atomic mass is 14.4. The Balaban J connectivity index is 2.07. The van der Waals surface area contributed by atoms with Crippen LogP contribution >= 0.6 is 0 Å². The molecular formula is C13H24. The largest absolute Gasteiger partial charge is 0.0596 e. The van der Waals surface area contributed by atoms with Gasteiger partial charge in [-0.3, -0.25) is 0 Å². The maximum absolute atomic E-state index is 2.50. The van der Waals surface area contributed by atoms with Crippen LogP contribution in [0.1, 0.15) is 65.2 Å². The molecule has 0 amide bonds. The molecule has 13 heavy (non-hydrogen) atoms. The van der Waals surface area contributed by atoms with E-state index in [2.05, 4.69) is 13.8 Å². The summed E-state index contributed by atoms with van der Waals surface area (Å²) in [5.74, 6) is 2.15. The third-order valence-electron chi connectivity index (χ3n) is 4.64. The minimum atomic E-state index is 0.648. The van der Waals surface area contributed by atoms with Crippen molar-refractivity contribution in [2.45, 2.75) is 65.2 Å². The summed E-state index contributed by atoms with van der Waals surface area (Å²) in [6.45, 7) is 5.01. The normalized spacial score (nSPS) is 39.2. The van der Waals surface area contributed by atoms with Gasteiger partial charge in [-0.25, -0.2) is 0 Å². The van der Waals surface area contributed by atoms with Gasteiger partial charge in [-0.1, -0.05) is 46.0 Å². The van der Waals surface area contributed by atoms with Crippen molar-refractivity contribution in [3.63, 3.8) is 0 Å². The molecule has 0 radical (unpaired) electrons. The lowest BCUT2D eigenvalue weighted by Crippen LogP contribution is -2.27. The molecule has 76 valence electrons. The molecule has 0 nitrogen and oxygen atoms in total. The molecule has 0 atom stereocenters. The number of fused-ring (bicyclic) bond motifs is 6. The lowest BCUT2D eigenvalue weighted by Gasteiger charge is -2.38. The molecule has 2 bridgehead atoms. The van der Waals surface area contributed by atoms with Crippen LogP contribution in [0.4, 0.5) is 0 Å². The van der Waals surface area contributed by atoms with E-state index >= 15 is 0 Å². The molecule has 0 aromatic heterocycles. The SMILES string of the molecule is CC1(C)CCCCC2CCC1CC2. The maximum Gasteiger partial charge on any atom is -0.0326 e. The fourth-order valence-electron chi connectivity index (χ4n) is 3.45. The minimum Gasteiger partial charge on any atom is -0.0596 e. The first-order valence-corrected chi connectivity index (χ1v) is 6.18. The molecule has 3 aliphatic carbocycles. The molecule has 0 aliphatic heterocycles. The van der Waals surface area contributed by atoms with Crippen molar-refractivity contribution in [3.8, 4) is 0 Å². The zero-order chi connectivity index (χ0) is 9.31. The Bertz CT molecular complexity index is 161. The van der Waals surface area contributed by atoms with Crippen molar-refractivity contribution >= 4 is 0 Å². The summed E-state index contributed by atoms with van der Waals surface area (Å²) >= 11 is 0. The first-order valence-electron chi connectivity index (χ1n) is 6.18. The van der Waals surface area contributed by atoms with Gasteiger partial charge in [0, 0.05) is 0 Å². The molecule has 3 fully saturated rings. The lowest BCUT2D eigenvalue weighted by atomic mass is 9.68. The van der Waals surface area contributed by atoms with Crippen molar-refractivity contribution in [2.75, 3.05) is 0 Å². The Kier molecular flexibility index (Phi) is 2.67. The third kappa shape index (κ3) is 2.08. The second kappa shape index (κ2) is 3.63. The quantitative estimate of drug-likeness (QED) is 0.518. The van der Waals surface area contributed by atoms with Crippen molar-refractivity contribution in [2.24, 2.45) is 17.3 Å². The average molecular weight is 180 g/mol. The molecule has 3 saturated carbocycles. The third-order valence-corrected chi connectivity index (χ3v) is 4.64.